The molecule has 104 valence electrons. The maximum atomic E-state index is 12.1. The molecule has 1 aliphatic rings. The highest BCUT2D eigenvalue weighted by molar-refractivity contribution is 5.76. The summed E-state index contributed by atoms with van der Waals surface area (Å²) in [5.74, 6) is 0.793. The fourth-order valence-electron chi connectivity index (χ4n) is 2.79. The maximum Gasteiger partial charge on any atom is 0.222 e. The lowest BCUT2D eigenvalue weighted by atomic mass is 9.97. The number of piperidine rings is 1. The number of rotatable bonds is 4. The van der Waals surface area contributed by atoms with E-state index in [1.54, 1.807) is 6.20 Å². The van der Waals surface area contributed by atoms with Gasteiger partial charge in [0.1, 0.15) is 0 Å². The summed E-state index contributed by atoms with van der Waals surface area (Å²) in [7, 11) is 0. The van der Waals surface area contributed by atoms with E-state index < -0.39 is 0 Å². The first-order chi connectivity index (χ1) is 9.81. The first-order valence-electron chi connectivity index (χ1n) is 7.09. The molecule has 1 fully saturated rings. The molecule has 1 aromatic heterocycles. The van der Waals surface area contributed by atoms with Crippen molar-refractivity contribution < 1.29 is 4.79 Å². The molecule has 2 heterocycles. The SMILES string of the molecule is O=C1CC[C@H](Cn2ccnc2)CN1Cc1ccccc1. The number of amides is 1. The highest BCUT2D eigenvalue weighted by atomic mass is 16.2. The lowest BCUT2D eigenvalue weighted by Crippen LogP contribution is -2.40. The first-order valence-corrected chi connectivity index (χ1v) is 7.09. The average Bonchev–Trinajstić information content (AvgIpc) is 2.97. The van der Waals surface area contributed by atoms with Crippen LogP contribution in [0.4, 0.5) is 0 Å². The number of hydrogen-bond donors (Lipinski definition) is 0. The van der Waals surface area contributed by atoms with Crippen LogP contribution in [0.25, 0.3) is 0 Å². The van der Waals surface area contributed by atoms with Gasteiger partial charge in [0.15, 0.2) is 0 Å². The molecular weight excluding hydrogens is 250 g/mol. The van der Waals surface area contributed by atoms with Gasteiger partial charge in [-0.2, -0.15) is 0 Å². The number of carbonyl (C=O) groups excluding carboxylic acids is 1. The van der Waals surface area contributed by atoms with Crippen LogP contribution in [-0.2, 0) is 17.9 Å². The molecule has 20 heavy (non-hydrogen) atoms. The van der Waals surface area contributed by atoms with Gasteiger partial charge in [-0.3, -0.25) is 4.79 Å². The molecule has 2 aromatic rings. The first kappa shape index (κ1) is 12.9. The van der Waals surface area contributed by atoms with Crippen molar-refractivity contribution in [3.05, 3.63) is 54.6 Å². The highest BCUT2D eigenvalue weighted by Gasteiger charge is 2.25. The van der Waals surface area contributed by atoms with Crippen LogP contribution in [0, 0.1) is 5.92 Å². The van der Waals surface area contributed by atoms with Gasteiger partial charge in [0.05, 0.1) is 6.33 Å². The third-order valence-corrected chi connectivity index (χ3v) is 3.84. The van der Waals surface area contributed by atoms with E-state index in [1.165, 1.54) is 5.56 Å². The van der Waals surface area contributed by atoms with Crippen LogP contribution in [-0.4, -0.2) is 26.9 Å². The van der Waals surface area contributed by atoms with Gasteiger partial charge >= 0.3 is 0 Å². The van der Waals surface area contributed by atoms with Gasteiger partial charge < -0.3 is 9.47 Å². The Hall–Kier alpha value is -2.10. The number of likely N-dealkylation sites (tertiary alicyclic amines) is 1. The number of nitrogens with zero attached hydrogens (tertiary/aromatic N) is 3. The van der Waals surface area contributed by atoms with Gasteiger partial charge in [0.2, 0.25) is 5.91 Å². The topological polar surface area (TPSA) is 38.1 Å². The summed E-state index contributed by atoms with van der Waals surface area (Å²) in [6.45, 7) is 2.50. The van der Waals surface area contributed by atoms with Gasteiger partial charge in [0, 0.05) is 38.4 Å². The molecule has 0 aliphatic carbocycles. The summed E-state index contributed by atoms with van der Waals surface area (Å²) in [4.78, 5) is 18.1. The van der Waals surface area contributed by atoms with Gasteiger partial charge in [-0.25, -0.2) is 4.98 Å². The monoisotopic (exact) mass is 269 g/mol. The van der Waals surface area contributed by atoms with E-state index in [9.17, 15) is 4.79 Å². The number of imidazole rings is 1. The Kier molecular flexibility index (Phi) is 3.81. The quantitative estimate of drug-likeness (QED) is 0.854. The minimum absolute atomic E-state index is 0.274. The molecule has 1 atom stereocenters. The van der Waals surface area contributed by atoms with E-state index in [1.807, 2.05) is 35.6 Å². The lowest BCUT2D eigenvalue weighted by molar-refractivity contribution is -0.135. The second kappa shape index (κ2) is 5.90. The fourth-order valence-corrected chi connectivity index (χ4v) is 2.79. The van der Waals surface area contributed by atoms with Crippen molar-refractivity contribution in [2.45, 2.75) is 25.9 Å². The Morgan fingerprint density at radius 1 is 1.25 bits per heavy atom. The van der Waals surface area contributed by atoms with Crippen molar-refractivity contribution in [3.63, 3.8) is 0 Å². The molecule has 0 bridgehead atoms. The minimum atomic E-state index is 0.274. The Balaban J connectivity index is 1.63. The van der Waals surface area contributed by atoms with Crippen molar-refractivity contribution in [1.82, 2.24) is 14.5 Å². The summed E-state index contributed by atoms with van der Waals surface area (Å²) in [5, 5.41) is 0. The normalized spacial score (nSPS) is 19.3. The molecule has 1 saturated heterocycles. The van der Waals surface area contributed by atoms with Crippen molar-refractivity contribution in [2.75, 3.05) is 6.54 Å². The second-order valence-corrected chi connectivity index (χ2v) is 5.42. The van der Waals surface area contributed by atoms with Crippen molar-refractivity contribution in [1.29, 1.82) is 0 Å². The minimum Gasteiger partial charge on any atom is -0.338 e. The number of aromatic nitrogens is 2. The predicted octanol–water partition coefficient (Wildman–Crippen LogP) is 2.32. The highest BCUT2D eigenvalue weighted by Crippen LogP contribution is 2.21. The molecule has 0 unspecified atom stereocenters. The molecule has 1 amide bonds. The lowest BCUT2D eigenvalue weighted by Gasteiger charge is -2.32. The van der Waals surface area contributed by atoms with Gasteiger partial charge in [-0.05, 0) is 17.9 Å². The summed E-state index contributed by atoms with van der Waals surface area (Å²) in [6, 6.07) is 10.2. The zero-order chi connectivity index (χ0) is 13.8. The average molecular weight is 269 g/mol. The van der Waals surface area contributed by atoms with Crippen LogP contribution in [0.3, 0.4) is 0 Å². The second-order valence-electron chi connectivity index (χ2n) is 5.42. The van der Waals surface area contributed by atoms with E-state index in [0.29, 0.717) is 12.3 Å². The van der Waals surface area contributed by atoms with E-state index in [2.05, 4.69) is 21.7 Å². The summed E-state index contributed by atoms with van der Waals surface area (Å²) < 4.78 is 2.10. The van der Waals surface area contributed by atoms with E-state index in [4.69, 9.17) is 0 Å². The number of benzene rings is 1. The molecule has 0 spiro atoms. The maximum absolute atomic E-state index is 12.1. The number of carbonyl (C=O) groups is 1. The Morgan fingerprint density at radius 3 is 2.85 bits per heavy atom. The Morgan fingerprint density at radius 2 is 2.10 bits per heavy atom. The van der Waals surface area contributed by atoms with Crippen molar-refractivity contribution >= 4 is 5.91 Å². The van der Waals surface area contributed by atoms with E-state index in [-0.39, 0.29) is 5.91 Å². The van der Waals surface area contributed by atoms with Crippen LogP contribution >= 0.6 is 0 Å². The Labute approximate surface area is 119 Å². The zero-order valence-electron chi connectivity index (χ0n) is 11.5. The molecular formula is C16H19N3O. The fraction of sp³-hybridized carbons (Fsp3) is 0.375. The summed E-state index contributed by atoms with van der Waals surface area (Å²) >= 11 is 0. The van der Waals surface area contributed by atoms with Crippen LogP contribution in [0.5, 0.6) is 0 Å². The van der Waals surface area contributed by atoms with Crippen LogP contribution in [0.1, 0.15) is 18.4 Å². The van der Waals surface area contributed by atoms with Crippen molar-refractivity contribution in [2.24, 2.45) is 5.92 Å². The Bertz CT molecular complexity index is 550. The van der Waals surface area contributed by atoms with E-state index in [0.717, 1.165) is 26.1 Å². The molecule has 0 N–H and O–H groups in total. The van der Waals surface area contributed by atoms with Gasteiger partial charge in [0.25, 0.3) is 0 Å². The largest absolute Gasteiger partial charge is 0.338 e. The molecule has 3 rings (SSSR count). The smallest absolute Gasteiger partial charge is 0.222 e. The number of hydrogen-bond acceptors (Lipinski definition) is 2. The molecule has 1 aromatic carbocycles. The van der Waals surface area contributed by atoms with E-state index >= 15 is 0 Å². The molecule has 1 aliphatic heterocycles. The van der Waals surface area contributed by atoms with Crippen LogP contribution < -0.4 is 0 Å². The molecule has 0 radical (unpaired) electrons. The van der Waals surface area contributed by atoms with Crippen LogP contribution in [0.2, 0.25) is 0 Å². The zero-order valence-corrected chi connectivity index (χ0v) is 11.5. The summed E-state index contributed by atoms with van der Waals surface area (Å²) in [6.07, 6.45) is 7.26. The summed E-state index contributed by atoms with van der Waals surface area (Å²) in [5.41, 5.74) is 1.20. The van der Waals surface area contributed by atoms with Crippen LogP contribution in [0.15, 0.2) is 49.1 Å². The van der Waals surface area contributed by atoms with Gasteiger partial charge in [-0.1, -0.05) is 30.3 Å². The van der Waals surface area contributed by atoms with Crippen molar-refractivity contribution in [3.8, 4) is 0 Å². The standard InChI is InChI=1S/C16H19N3O/c20-16-7-6-15(10-18-9-8-17-13-18)12-19(16)11-14-4-2-1-3-5-14/h1-5,8-9,13,15H,6-7,10-12H2/t15-/m1/s1. The molecule has 0 saturated carbocycles. The third kappa shape index (κ3) is 3.07. The predicted molar refractivity (Wildman–Crippen MR) is 76.8 cm³/mol. The third-order valence-electron chi connectivity index (χ3n) is 3.84. The molecule has 4 nitrogen and oxygen atoms in total. The molecule has 4 heteroatoms. The van der Waals surface area contributed by atoms with Gasteiger partial charge in [-0.15, -0.1) is 0 Å².